The summed E-state index contributed by atoms with van der Waals surface area (Å²) >= 11 is 36.3. The predicted molar refractivity (Wildman–Crippen MR) is 176 cm³/mol. The first-order valence-electron chi connectivity index (χ1n) is 11.5. The van der Waals surface area contributed by atoms with Crippen molar-refractivity contribution in [3.8, 4) is 0 Å². The minimum atomic E-state index is -2.03. The number of aromatic nitrogens is 4. The second-order valence-electron chi connectivity index (χ2n) is 7.62. The number of hydrogen-bond acceptors (Lipinski definition) is 16. The van der Waals surface area contributed by atoms with Crippen molar-refractivity contribution in [2.45, 2.75) is 12.8 Å². The minimum absolute atomic E-state index is 0.0727. The molecular formula is C18H22MoN12O4S8. The molecule has 0 unspecified atom stereocenters. The van der Waals surface area contributed by atoms with Crippen LogP contribution in [0.2, 0.25) is 0 Å². The van der Waals surface area contributed by atoms with E-state index in [2.05, 4.69) is 56.0 Å². The van der Waals surface area contributed by atoms with Gasteiger partial charge in [0.2, 0.25) is 0 Å². The van der Waals surface area contributed by atoms with E-state index < -0.39 is 30.3 Å². The van der Waals surface area contributed by atoms with Crippen LogP contribution in [0.25, 0.3) is 0 Å². The van der Waals surface area contributed by atoms with E-state index in [1.807, 2.05) is 0 Å². The zero-order chi connectivity index (χ0) is 32.1. The van der Waals surface area contributed by atoms with Gasteiger partial charge in [0, 0.05) is 51.0 Å². The van der Waals surface area contributed by atoms with Crippen LogP contribution in [0, 0.1) is 0 Å². The number of amides is 2. The first kappa shape index (κ1) is 37.8. The van der Waals surface area contributed by atoms with Crippen molar-refractivity contribution < 1.29 is 34.9 Å². The van der Waals surface area contributed by atoms with E-state index in [9.17, 15) is 9.59 Å². The maximum atomic E-state index is 12.4. The van der Waals surface area contributed by atoms with Gasteiger partial charge >= 0.3 is 37.1 Å². The van der Waals surface area contributed by atoms with E-state index >= 15 is 0 Å². The Morgan fingerprint density at radius 1 is 0.791 bits per heavy atom. The molecule has 0 aromatic carbocycles. The Hall–Kier alpha value is -1.41. The summed E-state index contributed by atoms with van der Waals surface area (Å²) in [5.41, 5.74) is 6.13. The number of thiocarbonyl (C=S) groups is 4. The van der Waals surface area contributed by atoms with Crippen LogP contribution in [0.1, 0.15) is 34.1 Å². The fourth-order valence-electron chi connectivity index (χ4n) is 3.41. The quantitative estimate of drug-likeness (QED) is 0.0815. The zero-order valence-electron chi connectivity index (χ0n) is 21.5. The van der Waals surface area contributed by atoms with Crippen LogP contribution < -0.4 is 10.9 Å². The molecule has 0 aliphatic carbocycles. The molecule has 0 saturated carbocycles. The second-order valence-corrected chi connectivity index (χ2v) is 12.2. The molecule has 232 valence electrons. The third-order valence-corrected chi connectivity index (χ3v) is 6.37. The topological polar surface area (TPSA) is 169 Å². The summed E-state index contributed by atoms with van der Waals surface area (Å²) in [6, 6.07) is 0. The van der Waals surface area contributed by atoms with E-state index in [0.29, 0.717) is 13.1 Å². The Morgan fingerprint density at radius 2 is 1.14 bits per heavy atom. The Labute approximate surface area is 297 Å². The number of carbonyl (C=O) groups is 2. The fourth-order valence-corrected chi connectivity index (χ4v) is 4.80. The van der Waals surface area contributed by atoms with Crippen LogP contribution in [0.5, 0.6) is 0 Å². The molecule has 4 N–H and O–H groups in total. The normalized spacial score (nSPS) is 14.2. The van der Waals surface area contributed by atoms with Crippen molar-refractivity contribution >= 4 is 128 Å². The van der Waals surface area contributed by atoms with Gasteiger partial charge in [0.25, 0.3) is 0 Å². The molecular weight excluding hydrogens is 801 g/mol. The molecule has 4 heterocycles. The Morgan fingerprint density at radius 3 is 1.35 bits per heavy atom. The number of imidazole rings is 2. The molecule has 2 aliphatic rings. The van der Waals surface area contributed by atoms with Crippen molar-refractivity contribution in [1.29, 1.82) is 0 Å². The van der Waals surface area contributed by atoms with E-state index in [0.717, 1.165) is 35.9 Å². The Balaban J connectivity index is 0.000000275. The van der Waals surface area contributed by atoms with Crippen LogP contribution in [0.4, 0.5) is 0 Å². The number of carbonyl (C=O) groups excluding carboxylic acids is 2. The molecule has 0 radical (unpaired) electrons. The first-order chi connectivity index (χ1) is 20.5. The number of nitrogens with one attached hydrogen (secondary N) is 4. The van der Waals surface area contributed by atoms with E-state index in [1.165, 1.54) is 35.0 Å². The molecule has 0 atom stereocenters. The third-order valence-electron chi connectivity index (χ3n) is 4.99. The average molecular weight is 823 g/mol. The van der Waals surface area contributed by atoms with Crippen LogP contribution in [0.15, 0.2) is 24.8 Å². The number of thiol groups is 2. The standard InChI is InChI=1S/2C9H12N6OS4.Mo.2O/c2*16-7(6-10-3-4-11-6)14(8(17)18)15(9(19)20)13-5-1-2-12-13;;;/h2*3-4,12H,1-2,5H2,(H,10,11)(H,17,18)(H,19,20);;;/q;;+2;;/p-2. The molecule has 2 amide bonds. The first-order valence-corrected chi connectivity index (χ1v) is 16.5. The van der Waals surface area contributed by atoms with Gasteiger partial charge in [-0.25, -0.2) is 30.8 Å². The van der Waals surface area contributed by atoms with Crippen molar-refractivity contribution in [3.05, 3.63) is 36.4 Å². The molecule has 2 saturated heterocycles. The molecule has 0 spiro atoms. The van der Waals surface area contributed by atoms with Gasteiger partial charge in [-0.15, -0.1) is 35.5 Å². The average Bonchev–Trinajstić information content (AvgIpc) is 3.78. The zero-order valence-corrected chi connectivity index (χ0v) is 30.2. The van der Waals surface area contributed by atoms with Gasteiger partial charge in [0.15, 0.2) is 20.3 Å². The van der Waals surface area contributed by atoms with Crippen molar-refractivity contribution in [1.82, 2.24) is 61.3 Å². The predicted octanol–water partition coefficient (Wildman–Crippen LogP) is 0.241. The van der Waals surface area contributed by atoms with Crippen LogP contribution in [-0.4, -0.2) is 106 Å². The number of aromatic amines is 2. The van der Waals surface area contributed by atoms with Gasteiger partial charge in [-0.05, 0) is 45.9 Å². The van der Waals surface area contributed by atoms with Gasteiger partial charge in [0.05, 0.1) is 0 Å². The number of hydrazine groups is 6. The number of hydrogen-bond donors (Lipinski definition) is 6. The maximum absolute atomic E-state index is 12.4. The molecule has 4 rings (SSSR count). The number of rotatable bonds is 4. The summed E-state index contributed by atoms with van der Waals surface area (Å²) in [5.74, 6) is -0.767. The molecule has 2 aromatic rings. The summed E-state index contributed by atoms with van der Waals surface area (Å²) in [5, 5.41) is 8.13. The fraction of sp³-hybridized carbons (Fsp3) is 0.333. The van der Waals surface area contributed by atoms with Gasteiger partial charge in [-0.3, -0.25) is 9.59 Å². The Bertz CT molecular complexity index is 1220. The van der Waals surface area contributed by atoms with Crippen molar-refractivity contribution in [2.24, 2.45) is 0 Å². The van der Waals surface area contributed by atoms with Crippen LogP contribution in [0.3, 0.4) is 0 Å². The monoisotopic (exact) mass is 824 g/mol. The van der Waals surface area contributed by atoms with Crippen molar-refractivity contribution in [2.75, 3.05) is 26.2 Å². The molecule has 2 fully saturated rings. The van der Waals surface area contributed by atoms with Gasteiger partial charge in [-0.1, -0.05) is 0 Å². The summed E-state index contributed by atoms with van der Waals surface area (Å²) in [6.07, 6.45) is 7.81. The Kier molecular flexibility index (Phi) is 16.8. The van der Waals surface area contributed by atoms with Crippen LogP contribution in [-0.2, 0) is 50.5 Å². The third kappa shape index (κ3) is 10.9. The molecule has 2 aliphatic heterocycles. The van der Waals surface area contributed by atoms with Gasteiger partial charge < -0.3 is 59.7 Å². The van der Waals surface area contributed by atoms with Crippen molar-refractivity contribution in [3.63, 3.8) is 0 Å². The number of H-pyrrole nitrogens is 2. The summed E-state index contributed by atoms with van der Waals surface area (Å²) in [6.45, 7) is 2.83. The molecule has 2 aromatic heterocycles. The summed E-state index contributed by atoms with van der Waals surface area (Å²) < 4.78 is 17.2. The molecule has 25 heteroatoms. The molecule has 16 nitrogen and oxygen atoms in total. The SMILES string of the molecule is O=C(c1ncc[nH]1)N(C(=S)[S-])N(C(=S)S)N1CCCN1.O=C(c1ncc[nH]1)N(C(=S)[S-])N(C(=S)S)N1CCCN1.[O]=[Mo+2]=[O]. The van der Waals surface area contributed by atoms with Gasteiger partial charge in [0.1, 0.15) is 0 Å². The number of nitrogens with zero attached hydrogens (tertiary/aromatic N) is 8. The second kappa shape index (κ2) is 19.2. The van der Waals surface area contributed by atoms with E-state index in [-0.39, 0.29) is 28.9 Å². The summed E-state index contributed by atoms with van der Waals surface area (Å²) in [7, 11) is 0. The molecule has 43 heavy (non-hydrogen) atoms. The molecule has 0 bridgehead atoms. The van der Waals surface area contributed by atoms with E-state index in [4.69, 9.17) is 80.9 Å². The van der Waals surface area contributed by atoms with Gasteiger partial charge in [-0.2, -0.15) is 10.2 Å². The van der Waals surface area contributed by atoms with Crippen LogP contribution >= 0.6 is 74.1 Å². The van der Waals surface area contributed by atoms with E-state index in [1.54, 1.807) is 10.2 Å². The summed E-state index contributed by atoms with van der Waals surface area (Å²) in [4.78, 5) is 38.1.